The van der Waals surface area contributed by atoms with Crippen LogP contribution in [0.3, 0.4) is 0 Å². The summed E-state index contributed by atoms with van der Waals surface area (Å²) in [5.74, 6) is 0.319. The number of methoxy groups -OCH3 is 1. The minimum atomic E-state index is -0.204. The molecule has 0 saturated carbocycles. The fraction of sp³-hybridized carbons (Fsp3) is 0.182. The van der Waals surface area contributed by atoms with Gasteiger partial charge in [0.2, 0.25) is 0 Å². The van der Waals surface area contributed by atoms with E-state index in [4.69, 9.17) is 27.9 Å². The number of aryl methyl sites for hydroxylation is 1. The molecule has 7 heteroatoms. The zero-order valence-electron chi connectivity index (χ0n) is 16.0. The van der Waals surface area contributed by atoms with Crippen LogP contribution in [0.25, 0.3) is 11.1 Å². The lowest BCUT2D eigenvalue weighted by molar-refractivity contribution is 0.0952. The number of carbonyl (C=O) groups is 1. The zero-order chi connectivity index (χ0) is 21.0. The first-order valence-corrected chi connectivity index (χ1v) is 9.74. The van der Waals surface area contributed by atoms with Gasteiger partial charge < -0.3 is 14.6 Å². The molecule has 3 rings (SSSR count). The first-order chi connectivity index (χ1) is 13.9. The van der Waals surface area contributed by atoms with Crippen LogP contribution in [-0.2, 0) is 6.54 Å². The molecular formula is C22H20Cl2N2O3. The predicted octanol–water partition coefficient (Wildman–Crippen LogP) is 4.57. The van der Waals surface area contributed by atoms with E-state index >= 15 is 0 Å². The summed E-state index contributed by atoms with van der Waals surface area (Å²) in [6.45, 7) is 2.54. The second-order valence-electron chi connectivity index (χ2n) is 6.49. The standard InChI is InChI=1S/C22H20Cl2N2O3/c1-14-11-18(29-2)13-21(27)26(14)10-9-25-22(28)16-5-3-15(4-6-16)17-7-8-19(23)20(24)12-17/h3-8,11-13H,9-10H2,1-2H3,(H,25,28). The number of halogens is 2. The van der Waals surface area contributed by atoms with Crippen LogP contribution in [-0.4, -0.2) is 24.1 Å². The minimum absolute atomic E-state index is 0.165. The maximum absolute atomic E-state index is 12.4. The third kappa shape index (κ3) is 5.00. The summed E-state index contributed by atoms with van der Waals surface area (Å²) in [6, 6.07) is 15.8. The van der Waals surface area contributed by atoms with Crippen LogP contribution in [0.4, 0.5) is 0 Å². The van der Waals surface area contributed by atoms with Crippen LogP contribution in [0.1, 0.15) is 16.1 Å². The average Bonchev–Trinajstić information content (AvgIpc) is 2.71. The molecule has 150 valence electrons. The number of amides is 1. The number of pyridine rings is 1. The van der Waals surface area contributed by atoms with Crippen LogP contribution in [0, 0.1) is 6.92 Å². The van der Waals surface area contributed by atoms with E-state index in [9.17, 15) is 9.59 Å². The summed E-state index contributed by atoms with van der Waals surface area (Å²) in [6.07, 6.45) is 0. The first-order valence-electron chi connectivity index (χ1n) is 8.98. The van der Waals surface area contributed by atoms with Gasteiger partial charge in [0.05, 0.1) is 17.2 Å². The molecule has 1 amide bonds. The van der Waals surface area contributed by atoms with Crippen molar-refractivity contribution in [3.05, 3.63) is 86.3 Å². The van der Waals surface area contributed by atoms with Gasteiger partial charge in [-0.15, -0.1) is 0 Å². The van der Waals surface area contributed by atoms with E-state index in [-0.39, 0.29) is 11.5 Å². The molecule has 29 heavy (non-hydrogen) atoms. The Labute approximate surface area is 178 Å². The molecule has 0 atom stereocenters. The summed E-state index contributed by atoms with van der Waals surface area (Å²) in [7, 11) is 1.52. The number of ether oxygens (including phenoxy) is 1. The van der Waals surface area contributed by atoms with E-state index in [0.29, 0.717) is 34.4 Å². The highest BCUT2D eigenvalue weighted by Gasteiger charge is 2.08. The fourth-order valence-corrected chi connectivity index (χ4v) is 3.27. The second kappa shape index (κ2) is 9.16. The number of aromatic nitrogens is 1. The van der Waals surface area contributed by atoms with Gasteiger partial charge >= 0.3 is 0 Å². The van der Waals surface area contributed by atoms with E-state index in [1.54, 1.807) is 34.9 Å². The van der Waals surface area contributed by atoms with Gasteiger partial charge in [-0.2, -0.15) is 0 Å². The SMILES string of the molecule is COc1cc(C)n(CCNC(=O)c2ccc(-c3ccc(Cl)c(Cl)c3)cc2)c(=O)c1. The maximum atomic E-state index is 12.4. The first kappa shape index (κ1) is 21.0. The Balaban J connectivity index is 1.63. The second-order valence-corrected chi connectivity index (χ2v) is 7.30. The average molecular weight is 431 g/mol. The molecule has 0 aliphatic rings. The topological polar surface area (TPSA) is 60.3 Å². The van der Waals surface area contributed by atoms with Gasteiger partial charge in [-0.3, -0.25) is 9.59 Å². The molecule has 0 unspecified atom stereocenters. The van der Waals surface area contributed by atoms with Gasteiger partial charge in [-0.25, -0.2) is 0 Å². The molecule has 0 fully saturated rings. The molecular weight excluding hydrogens is 411 g/mol. The molecule has 1 heterocycles. The molecule has 0 aliphatic heterocycles. The highest BCUT2D eigenvalue weighted by molar-refractivity contribution is 6.42. The molecule has 0 aliphatic carbocycles. The Morgan fingerprint density at radius 3 is 2.31 bits per heavy atom. The van der Waals surface area contributed by atoms with Crippen molar-refractivity contribution >= 4 is 29.1 Å². The molecule has 0 saturated heterocycles. The Hall–Kier alpha value is -2.76. The van der Waals surface area contributed by atoms with Crippen LogP contribution < -0.4 is 15.6 Å². The number of nitrogens with one attached hydrogen (secondary N) is 1. The summed E-state index contributed by atoms with van der Waals surface area (Å²) < 4.78 is 6.68. The molecule has 3 aromatic rings. The Bertz CT molecular complexity index is 1090. The van der Waals surface area contributed by atoms with Crippen molar-refractivity contribution in [2.45, 2.75) is 13.5 Å². The summed E-state index contributed by atoms with van der Waals surface area (Å²) in [5.41, 5.74) is 2.99. The van der Waals surface area contributed by atoms with Crippen LogP contribution in [0.5, 0.6) is 5.75 Å². The lowest BCUT2D eigenvalue weighted by atomic mass is 10.0. The molecule has 1 aromatic heterocycles. The van der Waals surface area contributed by atoms with Crippen molar-refractivity contribution in [2.24, 2.45) is 0 Å². The normalized spacial score (nSPS) is 10.6. The van der Waals surface area contributed by atoms with Gasteiger partial charge in [0.15, 0.2) is 0 Å². The highest BCUT2D eigenvalue weighted by Crippen LogP contribution is 2.28. The number of rotatable bonds is 6. The van der Waals surface area contributed by atoms with Crippen molar-refractivity contribution < 1.29 is 9.53 Å². The van der Waals surface area contributed by atoms with Crippen molar-refractivity contribution in [1.82, 2.24) is 9.88 Å². The lowest BCUT2D eigenvalue weighted by Crippen LogP contribution is -2.31. The third-order valence-electron chi connectivity index (χ3n) is 4.57. The number of hydrogen-bond donors (Lipinski definition) is 1. The van der Waals surface area contributed by atoms with Crippen molar-refractivity contribution in [3.8, 4) is 16.9 Å². The number of hydrogen-bond acceptors (Lipinski definition) is 3. The molecule has 1 N–H and O–H groups in total. The van der Waals surface area contributed by atoms with E-state index < -0.39 is 0 Å². The third-order valence-corrected chi connectivity index (χ3v) is 5.30. The smallest absolute Gasteiger partial charge is 0.254 e. The van der Waals surface area contributed by atoms with Crippen molar-refractivity contribution in [3.63, 3.8) is 0 Å². The van der Waals surface area contributed by atoms with Crippen molar-refractivity contribution in [1.29, 1.82) is 0 Å². The van der Waals surface area contributed by atoms with Crippen LogP contribution in [0.2, 0.25) is 10.0 Å². The van der Waals surface area contributed by atoms with Crippen molar-refractivity contribution in [2.75, 3.05) is 13.7 Å². The summed E-state index contributed by atoms with van der Waals surface area (Å²) in [5, 5.41) is 3.82. The van der Waals surface area contributed by atoms with Gasteiger partial charge in [-0.05, 0) is 48.4 Å². The van der Waals surface area contributed by atoms with E-state index in [1.165, 1.54) is 13.2 Å². The summed E-state index contributed by atoms with van der Waals surface area (Å²) in [4.78, 5) is 24.5. The Kier molecular flexibility index (Phi) is 6.62. The Morgan fingerprint density at radius 1 is 1.00 bits per heavy atom. The van der Waals surface area contributed by atoms with Gasteiger partial charge in [0.1, 0.15) is 5.75 Å². The van der Waals surface area contributed by atoms with Crippen LogP contribution >= 0.6 is 23.2 Å². The molecule has 2 aromatic carbocycles. The highest BCUT2D eigenvalue weighted by atomic mass is 35.5. The molecule has 0 radical (unpaired) electrons. The zero-order valence-corrected chi connectivity index (χ0v) is 17.6. The number of nitrogens with zero attached hydrogens (tertiary/aromatic N) is 1. The van der Waals surface area contributed by atoms with Gasteiger partial charge in [-0.1, -0.05) is 41.4 Å². The number of benzene rings is 2. The molecule has 0 bridgehead atoms. The minimum Gasteiger partial charge on any atom is -0.496 e. The van der Waals surface area contributed by atoms with E-state index in [1.807, 2.05) is 25.1 Å². The Morgan fingerprint density at radius 2 is 1.69 bits per heavy atom. The van der Waals surface area contributed by atoms with E-state index in [0.717, 1.165) is 16.8 Å². The lowest BCUT2D eigenvalue weighted by Gasteiger charge is -2.12. The monoisotopic (exact) mass is 430 g/mol. The summed E-state index contributed by atoms with van der Waals surface area (Å²) >= 11 is 12.0. The van der Waals surface area contributed by atoms with Gasteiger partial charge in [0, 0.05) is 30.4 Å². The maximum Gasteiger partial charge on any atom is 0.254 e. The van der Waals surface area contributed by atoms with Gasteiger partial charge in [0.25, 0.3) is 11.5 Å². The fourth-order valence-electron chi connectivity index (χ4n) is 2.98. The van der Waals surface area contributed by atoms with E-state index in [2.05, 4.69) is 5.32 Å². The largest absolute Gasteiger partial charge is 0.496 e. The van der Waals surface area contributed by atoms with Crippen LogP contribution in [0.15, 0.2) is 59.4 Å². The quantitative estimate of drug-likeness (QED) is 0.622. The number of carbonyl (C=O) groups excluding carboxylic acids is 1. The molecule has 5 nitrogen and oxygen atoms in total. The predicted molar refractivity (Wildman–Crippen MR) is 116 cm³/mol. The molecule has 0 spiro atoms.